The minimum Gasteiger partial charge on any atom is -0.489 e. The third kappa shape index (κ3) is 4.34. The van der Waals surface area contributed by atoms with E-state index in [4.69, 9.17) is 9.15 Å². The van der Waals surface area contributed by atoms with E-state index in [0.29, 0.717) is 11.3 Å². The highest BCUT2D eigenvalue weighted by atomic mass is 16.5. The van der Waals surface area contributed by atoms with Crippen LogP contribution in [0.15, 0.2) is 65.4 Å². The van der Waals surface area contributed by atoms with Gasteiger partial charge in [-0.3, -0.25) is 4.79 Å². The van der Waals surface area contributed by atoms with Gasteiger partial charge in [0.2, 0.25) is 0 Å². The number of carbonyl (C=O) groups is 1. The first kappa shape index (κ1) is 18.1. The second-order valence-corrected chi connectivity index (χ2v) is 6.78. The van der Waals surface area contributed by atoms with Gasteiger partial charge in [-0.25, -0.2) is 4.98 Å². The number of pyridine rings is 1. The molecule has 0 radical (unpaired) electrons. The summed E-state index contributed by atoms with van der Waals surface area (Å²) in [6.45, 7) is 2.33. The summed E-state index contributed by atoms with van der Waals surface area (Å²) >= 11 is 0. The second kappa shape index (κ2) is 8.61. The van der Waals surface area contributed by atoms with E-state index >= 15 is 0 Å². The molecule has 1 fully saturated rings. The highest BCUT2D eigenvalue weighted by Crippen LogP contribution is 2.20. The van der Waals surface area contributed by atoms with Crippen LogP contribution in [0.2, 0.25) is 0 Å². The maximum absolute atomic E-state index is 12.6. The Balaban J connectivity index is 1.38. The number of nitrogens with zero attached hydrogens (tertiary/aromatic N) is 2. The maximum Gasteiger partial charge on any atom is 0.291 e. The molecule has 28 heavy (non-hydrogen) atoms. The van der Waals surface area contributed by atoms with Crippen LogP contribution >= 0.6 is 0 Å². The zero-order chi connectivity index (χ0) is 19.2. The lowest BCUT2D eigenvalue weighted by molar-refractivity contribution is 0.0993. The Labute approximate surface area is 164 Å². The Hall–Kier alpha value is -3.28. The van der Waals surface area contributed by atoms with Gasteiger partial charge in [-0.2, -0.15) is 0 Å². The van der Waals surface area contributed by atoms with Crippen LogP contribution in [0.25, 0.3) is 0 Å². The van der Waals surface area contributed by atoms with Crippen LogP contribution in [-0.4, -0.2) is 24.0 Å². The van der Waals surface area contributed by atoms with Gasteiger partial charge in [-0.15, -0.1) is 0 Å². The first-order chi connectivity index (χ1) is 13.8. The number of rotatable bonds is 6. The molecule has 0 aliphatic carbocycles. The quantitative estimate of drug-likeness (QED) is 0.685. The first-order valence-electron chi connectivity index (χ1n) is 9.56. The highest BCUT2D eigenvalue weighted by molar-refractivity contribution is 6.03. The zero-order valence-corrected chi connectivity index (χ0v) is 15.6. The van der Waals surface area contributed by atoms with Crippen molar-refractivity contribution in [2.24, 2.45) is 0 Å². The molecule has 1 saturated heterocycles. The molecule has 1 aromatic carbocycles. The normalized spacial score (nSPS) is 13.9. The predicted octanol–water partition coefficient (Wildman–Crippen LogP) is 4.50. The Morgan fingerprint density at radius 3 is 2.64 bits per heavy atom. The number of amides is 1. The van der Waals surface area contributed by atoms with Crippen molar-refractivity contribution in [2.75, 3.05) is 23.3 Å². The fraction of sp³-hybridized carbons (Fsp3) is 0.273. The number of hydrogen-bond acceptors (Lipinski definition) is 5. The molecule has 0 spiro atoms. The van der Waals surface area contributed by atoms with Gasteiger partial charge in [0.15, 0.2) is 5.76 Å². The molecular formula is C22H23N3O3. The summed E-state index contributed by atoms with van der Waals surface area (Å²) in [5.74, 6) is 1.63. The largest absolute Gasteiger partial charge is 0.489 e. The number of anilines is 2. The van der Waals surface area contributed by atoms with E-state index in [-0.39, 0.29) is 18.3 Å². The number of ether oxygens (including phenoxy) is 1. The predicted molar refractivity (Wildman–Crippen MR) is 108 cm³/mol. The molecular weight excluding hydrogens is 354 g/mol. The van der Waals surface area contributed by atoms with E-state index in [2.05, 4.69) is 15.2 Å². The van der Waals surface area contributed by atoms with E-state index in [1.54, 1.807) is 12.3 Å². The Morgan fingerprint density at radius 1 is 1.07 bits per heavy atom. The Morgan fingerprint density at radius 2 is 1.89 bits per heavy atom. The van der Waals surface area contributed by atoms with Crippen molar-refractivity contribution in [2.45, 2.75) is 25.9 Å². The van der Waals surface area contributed by atoms with Crippen molar-refractivity contribution in [1.82, 2.24) is 4.98 Å². The molecule has 3 heterocycles. The van der Waals surface area contributed by atoms with Crippen LogP contribution in [0.4, 0.5) is 11.5 Å². The number of furan rings is 1. The lowest BCUT2D eigenvalue weighted by atomic mass is 10.1. The summed E-state index contributed by atoms with van der Waals surface area (Å²) in [6, 6.07) is 15.0. The number of para-hydroxylation sites is 1. The molecule has 0 saturated carbocycles. The second-order valence-electron chi connectivity index (χ2n) is 6.78. The van der Waals surface area contributed by atoms with Gasteiger partial charge in [-0.1, -0.05) is 18.2 Å². The number of aromatic nitrogens is 1. The summed E-state index contributed by atoms with van der Waals surface area (Å²) in [6.07, 6.45) is 6.87. The lowest BCUT2D eigenvalue weighted by Crippen LogP contribution is -2.30. The van der Waals surface area contributed by atoms with Crippen LogP contribution in [0.5, 0.6) is 5.75 Å². The van der Waals surface area contributed by atoms with E-state index in [1.807, 2.05) is 42.5 Å². The van der Waals surface area contributed by atoms with Crippen molar-refractivity contribution in [3.8, 4) is 5.75 Å². The Kier molecular flexibility index (Phi) is 5.56. The van der Waals surface area contributed by atoms with E-state index in [1.165, 1.54) is 25.5 Å². The number of nitrogens with one attached hydrogen (secondary N) is 1. The van der Waals surface area contributed by atoms with Crippen molar-refractivity contribution >= 4 is 17.4 Å². The van der Waals surface area contributed by atoms with E-state index in [0.717, 1.165) is 24.7 Å². The number of piperidine rings is 1. The molecule has 0 bridgehead atoms. The average Bonchev–Trinajstić information content (AvgIpc) is 3.23. The number of benzene rings is 1. The van der Waals surface area contributed by atoms with Gasteiger partial charge in [-0.05, 0) is 49.6 Å². The molecule has 0 unspecified atom stereocenters. The van der Waals surface area contributed by atoms with Gasteiger partial charge in [0.1, 0.15) is 18.2 Å². The summed E-state index contributed by atoms with van der Waals surface area (Å²) in [5, 5.41) is 2.84. The Bertz CT molecular complexity index is 900. The average molecular weight is 377 g/mol. The van der Waals surface area contributed by atoms with Gasteiger partial charge < -0.3 is 19.4 Å². The van der Waals surface area contributed by atoms with Crippen molar-refractivity contribution < 1.29 is 13.9 Å². The molecule has 2 aromatic heterocycles. The van der Waals surface area contributed by atoms with Gasteiger partial charge in [0, 0.05) is 18.7 Å². The summed E-state index contributed by atoms with van der Waals surface area (Å²) in [4.78, 5) is 19.4. The molecule has 0 atom stereocenters. The van der Waals surface area contributed by atoms with Crippen LogP contribution in [0.3, 0.4) is 0 Å². The van der Waals surface area contributed by atoms with Crippen LogP contribution < -0.4 is 15.0 Å². The standard InChI is InChI=1S/C22H23N3O3/c26-22(21-17(11-14-27-21)16-28-19-7-3-1-4-8-19)24-18-9-10-20(23-15-18)25-12-5-2-6-13-25/h1,3-4,7-11,14-15H,2,5-6,12-13,16H2,(H,24,26). The fourth-order valence-electron chi connectivity index (χ4n) is 3.28. The minimum absolute atomic E-state index is 0.246. The molecule has 144 valence electrons. The van der Waals surface area contributed by atoms with Gasteiger partial charge in [0.05, 0.1) is 18.1 Å². The smallest absolute Gasteiger partial charge is 0.291 e. The summed E-state index contributed by atoms with van der Waals surface area (Å²) in [5.41, 5.74) is 1.33. The summed E-state index contributed by atoms with van der Waals surface area (Å²) < 4.78 is 11.1. The topological polar surface area (TPSA) is 67.6 Å². The van der Waals surface area contributed by atoms with Gasteiger partial charge in [0.25, 0.3) is 5.91 Å². The molecule has 1 amide bonds. The number of carbonyl (C=O) groups excluding carboxylic acids is 1. The van der Waals surface area contributed by atoms with Crippen LogP contribution in [0.1, 0.15) is 35.4 Å². The van der Waals surface area contributed by atoms with E-state index in [9.17, 15) is 4.79 Å². The molecule has 1 aliphatic rings. The van der Waals surface area contributed by atoms with E-state index < -0.39 is 0 Å². The van der Waals surface area contributed by atoms with Crippen LogP contribution in [-0.2, 0) is 6.61 Å². The van der Waals surface area contributed by atoms with Crippen molar-refractivity contribution in [1.29, 1.82) is 0 Å². The summed E-state index contributed by atoms with van der Waals surface area (Å²) in [7, 11) is 0. The third-order valence-corrected chi connectivity index (χ3v) is 4.78. The first-order valence-corrected chi connectivity index (χ1v) is 9.56. The third-order valence-electron chi connectivity index (χ3n) is 4.78. The number of hydrogen-bond donors (Lipinski definition) is 1. The minimum atomic E-state index is -0.316. The molecule has 1 aliphatic heterocycles. The highest BCUT2D eigenvalue weighted by Gasteiger charge is 2.17. The van der Waals surface area contributed by atoms with Crippen LogP contribution in [0, 0.1) is 0 Å². The lowest BCUT2D eigenvalue weighted by Gasteiger charge is -2.27. The molecule has 3 aromatic rings. The fourth-order valence-corrected chi connectivity index (χ4v) is 3.28. The maximum atomic E-state index is 12.6. The van der Waals surface area contributed by atoms with Crippen molar-refractivity contribution in [3.05, 3.63) is 72.3 Å². The molecule has 4 rings (SSSR count). The molecule has 6 nitrogen and oxygen atoms in total. The molecule has 1 N–H and O–H groups in total. The van der Waals surface area contributed by atoms with Gasteiger partial charge >= 0.3 is 0 Å². The molecule has 6 heteroatoms. The SMILES string of the molecule is O=C(Nc1ccc(N2CCCCC2)nc1)c1occc1COc1ccccc1. The monoisotopic (exact) mass is 377 g/mol. The zero-order valence-electron chi connectivity index (χ0n) is 15.6. The van der Waals surface area contributed by atoms with Crippen molar-refractivity contribution in [3.63, 3.8) is 0 Å².